The first-order valence-corrected chi connectivity index (χ1v) is 10.1. The molecule has 2 aromatic carbocycles. The predicted molar refractivity (Wildman–Crippen MR) is 104 cm³/mol. The molecular weight excluding hydrogens is 384 g/mol. The Labute approximate surface area is 164 Å². The molecule has 0 saturated carbocycles. The average Bonchev–Trinajstić information content (AvgIpc) is 2.74. The van der Waals surface area contributed by atoms with Crippen LogP contribution in [0.1, 0.15) is 10.4 Å². The fraction of sp³-hybridized carbons (Fsp3) is 0.316. The number of morpholine rings is 1. The van der Waals surface area contributed by atoms with Crippen molar-refractivity contribution in [1.29, 1.82) is 0 Å². The van der Waals surface area contributed by atoms with Gasteiger partial charge in [-0.1, -0.05) is 12.1 Å². The summed E-state index contributed by atoms with van der Waals surface area (Å²) in [6.07, 6.45) is 0. The number of anilines is 1. The molecule has 0 unspecified atom stereocenters. The summed E-state index contributed by atoms with van der Waals surface area (Å²) in [6.45, 7) is 1.21. The largest absolute Gasteiger partial charge is 0.496 e. The zero-order valence-corrected chi connectivity index (χ0v) is 16.5. The van der Waals surface area contributed by atoms with Crippen LogP contribution in [0.3, 0.4) is 0 Å². The predicted octanol–water partition coefficient (Wildman–Crippen LogP) is 1.98. The number of amides is 1. The van der Waals surface area contributed by atoms with Gasteiger partial charge in [-0.15, -0.1) is 0 Å². The minimum absolute atomic E-state index is 0.00488. The quantitative estimate of drug-likeness (QED) is 0.788. The third-order valence-electron chi connectivity index (χ3n) is 4.36. The number of carbonyl (C=O) groups is 1. The molecule has 9 heteroatoms. The van der Waals surface area contributed by atoms with Gasteiger partial charge in [0.15, 0.2) is 0 Å². The van der Waals surface area contributed by atoms with Crippen molar-refractivity contribution in [1.82, 2.24) is 4.31 Å². The Hall–Kier alpha value is -2.62. The molecule has 1 aliphatic rings. The number of nitrogens with zero attached hydrogens (tertiary/aromatic N) is 1. The fourth-order valence-corrected chi connectivity index (χ4v) is 4.50. The van der Waals surface area contributed by atoms with E-state index in [9.17, 15) is 13.2 Å². The van der Waals surface area contributed by atoms with Crippen LogP contribution in [0.2, 0.25) is 0 Å². The molecule has 2 aromatic rings. The third kappa shape index (κ3) is 4.11. The van der Waals surface area contributed by atoms with E-state index >= 15 is 0 Å². The molecule has 8 nitrogen and oxygen atoms in total. The summed E-state index contributed by atoms with van der Waals surface area (Å²) >= 11 is 0. The Balaban J connectivity index is 1.91. The van der Waals surface area contributed by atoms with Crippen molar-refractivity contribution in [2.75, 3.05) is 45.8 Å². The molecule has 1 aliphatic heterocycles. The third-order valence-corrected chi connectivity index (χ3v) is 6.28. The molecule has 0 aliphatic carbocycles. The highest BCUT2D eigenvalue weighted by Gasteiger charge is 2.29. The van der Waals surface area contributed by atoms with Crippen LogP contribution in [0.5, 0.6) is 11.5 Å². The van der Waals surface area contributed by atoms with E-state index in [1.807, 2.05) is 0 Å². The number of rotatable bonds is 6. The van der Waals surface area contributed by atoms with Crippen LogP contribution >= 0.6 is 0 Å². The molecule has 28 heavy (non-hydrogen) atoms. The van der Waals surface area contributed by atoms with E-state index in [1.165, 1.54) is 30.7 Å². The second kappa shape index (κ2) is 8.59. The van der Waals surface area contributed by atoms with Gasteiger partial charge in [0.1, 0.15) is 16.4 Å². The van der Waals surface area contributed by atoms with Gasteiger partial charge in [0, 0.05) is 18.8 Å². The monoisotopic (exact) mass is 406 g/mol. The lowest BCUT2D eigenvalue weighted by Gasteiger charge is -2.26. The molecule has 1 heterocycles. The number of sulfonamides is 1. The number of hydrogen-bond acceptors (Lipinski definition) is 6. The highest BCUT2D eigenvalue weighted by atomic mass is 32.2. The number of methoxy groups -OCH3 is 2. The van der Waals surface area contributed by atoms with E-state index in [0.29, 0.717) is 30.2 Å². The molecule has 150 valence electrons. The summed E-state index contributed by atoms with van der Waals surface area (Å²) in [5, 5.41) is 2.72. The summed E-state index contributed by atoms with van der Waals surface area (Å²) in [4.78, 5) is 12.6. The van der Waals surface area contributed by atoms with Crippen molar-refractivity contribution < 1.29 is 27.4 Å². The highest BCUT2D eigenvalue weighted by molar-refractivity contribution is 7.89. The van der Waals surface area contributed by atoms with Crippen LogP contribution in [-0.2, 0) is 14.8 Å². The normalized spacial score (nSPS) is 15.1. The van der Waals surface area contributed by atoms with Gasteiger partial charge in [-0.3, -0.25) is 4.79 Å². The van der Waals surface area contributed by atoms with Gasteiger partial charge in [0.05, 0.1) is 33.0 Å². The van der Waals surface area contributed by atoms with E-state index in [-0.39, 0.29) is 23.7 Å². The van der Waals surface area contributed by atoms with Gasteiger partial charge in [0.2, 0.25) is 10.0 Å². The maximum atomic E-state index is 13.0. The van der Waals surface area contributed by atoms with E-state index < -0.39 is 15.9 Å². The lowest BCUT2D eigenvalue weighted by Crippen LogP contribution is -2.40. The Bertz CT molecular complexity index is 955. The maximum absolute atomic E-state index is 13.0. The first-order valence-electron chi connectivity index (χ1n) is 8.67. The van der Waals surface area contributed by atoms with E-state index in [2.05, 4.69) is 5.32 Å². The molecule has 3 rings (SSSR count). The summed E-state index contributed by atoms with van der Waals surface area (Å²) < 4.78 is 43.1. The molecule has 1 saturated heterocycles. The summed E-state index contributed by atoms with van der Waals surface area (Å²) in [5.74, 6) is 0.230. The van der Waals surface area contributed by atoms with Gasteiger partial charge in [-0.25, -0.2) is 8.42 Å². The zero-order valence-electron chi connectivity index (χ0n) is 15.7. The Morgan fingerprint density at radius 1 is 1.04 bits per heavy atom. The number of benzene rings is 2. The second-order valence-electron chi connectivity index (χ2n) is 6.04. The Kier molecular flexibility index (Phi) is 6.18. The van der Waals surface area contributed by atoms with Crippen molar-refractivity contribution in [2.45, 2.75) is 4.90 Å². The molecule has 1 N–H and O–H groups in total. The first kappa shape index (κ1) is 20.1. The van der Waals surface area contributed by atoms with Crippen LogP contribution < -0.4 is 14.8 Å². The smallest absolute Gasteiger partial charge is 0.259 e. The van der Waals surface area contributed by atoms with Crippen LogP contribution in [-0.4, -0.2) is 59.2 Å². The van der Waals surface area contributed by atoms with Gasteiger partial charge < -0.3 is 19.5 Å². The Morgan fingerprint density at radius 3 is 2.39 bits per heavy atom. The van der Waals surface area contributed by atoms with Crippen LogP contribution in [0.25, 0.3) is 0 Å². The van der Waals surface area contributed by atoms with Gasteiger partial charge in [0.25, 0.3) is 5.91 Å². The minimum Gasteiger partial charge on any atom is -0.496 e. The SMILES string of the molecule is COc1ccccc1C(=O)Nc1ccc(OC)c(S(=O)(=O)N2CCOCC2)c1. The molecule has 0 atom stereocenters. The van der Waals surface area contributed by atoms with E-state index in [0.717, 1.165) is 0 Å². The maximum Gasteiger partial charge on any atom is 0.259 e. The van der Waals surface area contributed by atoms with Crippen LogP contribution in [0.4, 0.5) is 5.69 Å². The van der Waals surface area contributed by atoms with Crippen LogP contribution in [0, 0.1) is 0 Å². The molecule has 0 aromatic heterocycles. The minimum atomic E-state index is -3.79. The second-order valence-corrected chi connectivity index (χ2v) is 7.94. The molecular formula is C19H22N2O6S. The average molecular weight is 406 g/mol. The molecule has 0 radical (unpaired) electrons. The first-order chi connectivity index (χ1) is 13.5. The summed E-state index contributed by atoms with van der Waals surface area (Å²) in [5.41, 5.74) is 0.682. The lowest BCUT2D eigenvalue weighted by atomic mass is 10.2. The lowest BCUT2D eigenvalue weighted by molar-refractivity contribution is 0.0729. The summed E-state index contributed by atoms with van der Waals surface area (Å²) in [7, 11) is -0.906. The zero-order chi connectivity index (χ0) is 20.1. The number of carbonyl (C=O) groups excluding carboxylic acids is 1. The Morgan fingerprint density at radius 2 is 1.71 bits per heavy atom. The van der Waals surface area contributed by atoms with Gasteiger partial charge in [-0.2, -0.15) is 4.31 Å². The van der Waals surface area contributed by atoms with E-state index in [4.69, 9.17) is 14.2 Å². The number of nitrogens with one attached hydrogen (secondary N) is 1. The number of hydrogen-bond donors (Lipinski definition) is 1. The molecule has 1 fully saturated rings. The van der Waals surface area contributed by atoms with Crippen LogP contribution in [0.15, 0.2) is 47.4 Å². The standard InChI is InChI=1S/C19H22N2O6S/c1-25-16-6-4-3-5-15(16)19(22)20-14-7-8-17(26-2)18(13-14)28(23,24)21-9-11-27-12-10-21/h3-8,13H,9-12H2,1-2H3,(H,20,22). The molecule has 0 spiro atoms. The molecule has 1 amide bonds. The van der Waals surface area contributed by atoms with E-state index in [1.54, 1.807) is 30.3 Å². The number of para-hydroxylation sites is 1. The van der Waals surface area contributed by atoms with Crippen molar-refractivity contribution >= 4 is 21.6 Å². The van der Waals surface area contributed by atoms with Gasteiger partial charge in [-0.05, 0) is 30.3 Å². The topological polar surface area (TPSA) is 94.2 Å². The fourth-order valence-electron chi connectivity index (χ4n) is 2.91. The molecule has 0 bridgehead atoms. The van der Waals surface area contributed by atoms with Gasteiger partial charge >= 0.3 is 0 Å². The highest BCUT2D eigenvalue weighted by Crippen LogP contribution is 2.30. The number of ether oxygens (including phenoxy) is 3. The summed E-state index contributed by atoms with van der Waals surface area (Å²) in [6, 6.07) is 11.3. The van der Waals surface area contributed by atoms with Crippen molar-refractivity contribution in [2.24, 2.45) is 0 Å². The van der Waals surface area contributed by atoms with Crippen molar-refractivity contribution in [3.05, 3.63) is 48.0 Å². The van der Waals surface area contributed by atoms with Crippen molar-refractivity contribution in [3.63, 3.8) is 0 Å². The van der Waals surface area contributed by atoms with Crippen molar-refractivity contribution in [3.8, 4) is 11.5 Å².